The number of carbonyl (C=O) groups excluding carboxylic acids is 4. The summed E-state index contributed by atoms with van der Waals surface area (Å²) in [5.41, 5.74) is 5.89. The van der Waals surface area contributed by atoms with E-state index in [2.05, 4.69) is 62.2 Å². The van der Waals surface area contributed by atoms with Crippen LogP contribution in [-0.2, 0) is 14.3 Å². The van der Waals surface area contributed by atoms with Gasteiger partial charge in [-0.25, -0.2) is 0 Å². The molecule has 0 bridgehead atoms. The number of ether oxygens (including phenoxy) is 1. The van der Waals surface area contributed by atoms with Gasteiger partial charge in [0.25, 0.3) is 11.8 Å². The number of halogens is 1. The molecule has 2 atom stereocenters. The Kier molecular flexibility index (Phi) is 9.41. The van der Waals surface area contributed by atoms with Gasteiger partial charge in [0.05, 0.1) is 33.9 Å². The fourth-order valence-corrected chi connectivity index (χ4v) is 10.0. The number of hydrogen-bond donors (Lipinski definition) is 1. The van der Waals surface area contributed by atoms with Crippen molar-refractivity contribution in [2.24, 2.45) is 5.41 Å². The zero-order chi connectivity index (χ0) is 38.7. The van der Waals surface area contributed by atoms with Crippen LogP contribution < -0.4 is 24.9 Å². The molecule has 290 valence electrons. The Bertz CT molecular complexity index is 2110. The average Bonchev–Trinajstić information content (AvgIpc) is 3.64. The summed E-state index contributed by atoms with van der Waals surface area (Å²) in [5, 5.41) is 12.0. The molecule has 13 heteroatoms. The lowest BCUT2D eigenvalue weighted by Crippen LogP contribution is -2.54. The molecule has 0 aromatic heterocycles. The summed E-state index contributed by atoms with van der Waals surface area (Å²) in [5.74, 6) is -1.98. The number of anilines is 4. The molecule has 9 rings (SSSR count). The fraction of sp³-hybridized carbons (Fsp3) is 0.465. The third-order valence-electron chi connectivity index (χ3n) is 13.0. The van der Waals surface area contributed by atoms with E-state index in [1.165, 1.54) is 17.8 Å². The molecule has 6 aliphatic heterocycles. The lowest BCUT2D eigenvalue weighted by atomic mass is 9.76. The molecule has 6 heterocycles. The Morgan fingerprint density at radius 1 is 0.768 bits per heavy atom. The highest BCUT2D eigenvalue weighted by Gasteiger charge is 2.46. The van der Waals surface area contributed by atoms with Gasteiger partial charge in [-0.1, -0.05) is 11.6 Å². The van der Waals surface area contributed by atoms with Crippen molar-refractivity contribution in [2.75, 3.05) is 65.4 Å². The number of hydrogen-bond acceptors (Lipinski definition) is 10. The summed E-state index contributed by atoms with van der Waals surface area (Å²) in [6.07, 6.45) is 5.94. The van der Waals surface area contributed by atoms with Crippen LogP contribution in [0.1, 0.15) is 78.1 Å². The molecule has 3 aromatic carbocycles. The maximum atomic E-state index is 13.3. The van der Waals surface area contributed by atoms with E-state index in [4.69, 9.17) is 16.3 Å². The number of benzene rings is 3. The van der Waals surface area contributed by atoms with E-state index in [0.717, 1.165) is 74.7 Å². The second-order valence-corrected chi connectivity index (χ2v) is 16.9. The van der Waals surface area contributed by atoms with Gasteiger partial charge in [-0.3, -0.25) is 29.4 Å². The third-order valence-corrected chi connectivity index (χ3v) is 13.4. The highest BCUT2D eigenvalue weighted by atomic mass is 35.5. The molecule has 1 spiro atoms. The fourth-order valence-electron chi connectivity index (χ4n) is 9.83. The van der Waals surface area contributed by atoms with Crippen molar-refractivity contribution in [3.63, 3.8) is 0 Å². The van der Waals surface area contributed by atoms with Crippen molar-refractivity contribution in [2.45, 2.75) is 76.2 Å². The number of piperidine rings is 3. The van der Waals surface area contributed by atoms with E-state index >= 15 is 0 Å². The SMILES string of the molecule is C[C@H]1CC2(CCN(c3ccc(N4CCC(OC5CN(c6ccc7c(c6)C(=O)N(C6CCC(=O)NC6=O)C7=O)C5)CC4)cc3)CC2)CN1c1ccc(C#N)c(Cl)c1. The van der Waals surface area contributed by atoms with Crippen molar-refractivity contribution in [1.82, 2.24) is 10.2 Å². The smallest absolute Gasteiger partial charge is 0.262 e. The minimum absolute atomic E-state index is 0.0948. The molecule has 5 saturated heterocycles. The van der Waals surface area contributed by atoms with Gasteiger partial charge in [-0.2, -0.15) is 5.26 Å². The zero-order valence-electron chi connectivity index (χ0n) is 31.6. The number of rotatable bonds is 7. The van der Waals surface area contributed by atoms with Gasteiger partial charge in [-0.05, 0) is 112 Å². The van der Waals surface area contributed by atoms with E-state index in [9.17, 15) is 24.4 Å². The van der Waals surface area contributed by atoms with Crippen LogP contribution in [0.5, 0.6) is 0 Å². The molecule has 3 aromatic rings. The minimum Gasteiger partial charge on any atom is -0.371 e. The molecule has 5 fully saturated rings. The predicted molar refractivity (Wildman–Crippen MR) is 213 cm³/mol. The average molecular weight is 776 g/mol. The number of nitriles is 1. The monoisotopic (exact) mass is 775 g/mol. The van der Waals surface area contributed by atoms with Crippen LogP contribution in [0.25, 0.3) is 0 Å². The Morgan fingerprint density at radius 3 is 2.07 bits per heavy atom. The van der Waals surface area contributed by atoms with Crippen molar-refractivity contribution < 1.29 is 23.9 Å². The van der Waals surface area contributed by atoms with Crippen LogP contribution in [0, 0.1) is 16.7 Å². The second-order valence-electron chi connectivity index (χ2n) is 16.5. The number of carbonyl (C=O) groups is 4. The van der Waals surface area contributed by atoms with Crippen molar-refractivity contribution in [1.29, 1.82) is 5.26 Å². The molecule has 1 N–H and O–H groups in total. The Morgan fingerprint density at radius 2 is 1.41 bits per heavy atom. The van der Waals surface area contributed by atoms with Gasteiger partial charge in [0, 0.05) is 81.0 Å². The van der Waals surface area contributed by atoms with Crippen LogP contribution in [0.4, 0.5) is 22.7 Å². The maximum absolute atomic E-state index is 13.3. The molecule has 6 aliphatic rings. The number of nitrogens with zero attached hydrogens (tertiary/aromatic N) is 6. The highest BCUT2D eigenvalue weighted by Crippen LogP contribution is 2.46. The first kappa shape index (κ1) is 36.5. The van der Waals surface area contributed by atoms with Gasteiger partial charge in [0.1, 0.15) is 12.1 Å². The van der Waals surface area contributed by atoms with Crippen LogP contribution in [0.2, 0.25) is 5.02 Å². The van der Waals surface area contributed by atoms with E-state index in [1.54, 1.807) is 12.1 Å². The van der Waals surface area contributed by atoms with Crippen LogP contribution in [0.15, 0.2) is 60.7 Å². The van der Waals surface area contributed by atoms with Gasteiger partial charge >= 0.3 is 0 Å². The number of imide groups is 2. The van der Waals surface area contributed by atoms with Gasteiger partial charge in [-0.15, -0.1) is 0 Å². The van der Waals surface area contributed by atoms with E-state index in [1.807, 2.05) is 24.3 Å². The summed E-state index contributed by atoms with van der Waals surface area (Å²) in [6.45, 7) is 8.72. The third kappa shape index (κ3) is 6.64. The van der Waals surface area contributed by atoms with Crippen molar-refractivity contribution in [3.05, 3.63) is 82.4 Å². The Labute approximate surface area is 331 Å². The molecule has 0 radical (unpaired) electrons. The number of fused-ring (bicyclic) bond motifs is 1. The molecule has 56 heavy (non-hydrogen) atoms. The Hall–Kier alpha value is -5.12. The van der Waals surface area contributed by atoms with Crippen LogP contribution in [-0.4, -0.2) is 98.6 Å². The van der Waals surface area contributed by atoms with Crippen LogP contribution in [0.3, 0.4) is 0 Å². The zero-order valence-corrected chi connectivity index (χ0v) is 32.3. The molecule has 0 aliphatic carbocycles. The summed E-state index contributed by atoms with van der Waals surface area (Å²) >= 11 is 6.38. The lowest BCUT2D eigenvalue weighted by molar-refractivity contribution is -0.136. The molecule has 0 saturated carbocycles. The van der Waals surface area contributed by atoms with Gasteiger partial charge in [0.2, 0.25) is 11.8 Å². The lowest BCUT2D eigenvalue weighted by Gasteiger charge is -2.44. The standard InChI is InChI=1S/C43H46ClN7O5/c1-27-22-43(26-50(27)32-3-2-28(23-45)37(44)21-32)14-18-48(19-15-43)30-6-4-29(5-7-30)47-16-12-33(13-17-47)56-34-24-49(25-34)31-8-9-35-36(20-31)42(55)51(41(35)54)38-10-11-39(52)46-40(38)53/h2-9,20-21,27,33-34,38H,10-19,22,24-26H2,1H3,(H,46,52,53)/t27-,38?/m0/s1. The quantitative estimate of drug-likeness (QED) is 0.313. The first-order valence-corrected chi connectivity index (χ1v) is 20.3. The number of nitrogens with one attached hydrogen (secondary N) is 1. The molecule has 1 unspecified atom stereocenters. The summed E-state index contributed by atoms with van der Waals surface area (Å²) < 4.78 is 6.51. The topological polar surface area (TPSA) is 130 Å². The molecule has 12 nitrogen and oxygen atoms in total. The van der Waals surface area contributed by atoms with Crippen LogP contribution >= 0.6 is 11.6 Å². The first-order valence-electron chi connectivity index (χ1n) is 19.9. The maximum Gasteiger partial charge on any atom is 0.262 e. The molecular weight excluding hydrogens is 730 g/mol. The van der Waals surface area contributed by atoms with Gasteiger partial charge < -0.3 is 24.3 Å². The highest BCUT2D eigenvalue weighted by molar-refractivity contribution is 6.32. The minimum atomic E-state index is -0.970. The van der Waals surface area contributed by atoms with E-state index in [-0.39, 0.29) is 36.5 Å². The summed E-state index contributed by atoms with van der Waals surface area (Å²) in [6, 6.07) is 21.8. The van der Waals surface area contributed by atoms with Gasteiger partial charge in [0.15, 0.2) is 0 Å². The summed E-state index contributed by atoms with van der Waals surface area (Å²) in [7, 11) is 0. The predicted octanol–water partition coefficient (Wildman–Crippen LogP) is 5.37. The summed E-state index contributed by atoms with van der Waals surface area (Å²) in [4.78, 5) is 60.9. The number of amides is 4. The van der Waals surface area contributed by atoms with Crippen molar-refractivity contribution >= 4 is 58.0 Å². The Balaban J connectivity index is 0.725. The normalized spacial score (nSPS) is 24.1. The van der Waals surface area contributed by atoms with E-state index in [0.29, 0.717) is 40.7 Å². The second kappa shape index (κ2) is 14.4. The molecular formula is C43H46ClN7O5. The first-order chi connectivity index (χ1) is 27.1. The van der Waals surface area contributed by atoms with E-state index < -0.39 is 23.8 Å². The largest absolute Gasteiger partial charge is 0.371 e. The van der Waals surface area contributed by atoms with Crippen molar-refractivity contribution in [3.8, 4) is 6.07 Å². The molecule has 4 amide bonds.